The maximum absolute atomic E-state index is 10.8. The molecule has 0 atom stereocenters. The van der Waals surface area contributed by atoms with Crippen LogP contribution in [0, 0.1) is 0 Å². The molecule has 4 nitrogen and oxygen atoms in total. The van der Waals surface area contributed by atoms with Gasteiger partial charge in [-0.3, -0.25) is 4.79 Å². The largest absolute Gasteiger partial charge is 0.417 e. The van der Waals surface area contributed by atoms with Crippen LogP contribution in [-0.2, 0) is 11.2 Å². The van der Waals surface area contributed by atoms with Gasteiger partial charge in [0.2, 0.25) is 5.91 Å². The van der Waals surface area contributed by atoms with Crippen molar-refractivity contribution >= 4 is 16.8 Å². The van der Waals surface area contributed by atoms with Crippen LogP contribution in [0.4, 0.5) is 0 Å². The van der Waals surface area contributed by atoms with Crippen molar-refractivity contribution in [2.24, 2.45) is 0 Å². The third-order valence-electron chi connectivity index (χ3n) is 2.73. The van der Waals surface area contributed by atoms with E-state index in [-0.39, 0.29) is 5.91 Å². The summed E-state index contributed by atoms with van der Waals surface area (Å²) in [4.78, 5) is 16.1. The summed E-state index contributed by atoms with van der Waals surface area (Å²) in [5.41, 5.74) is 2.23. The summed E-state index contributed by atoms with van der Waals surface area (Å²) in [6.07, 6.45) is 2.77. The second-order valence-corrected chi connectivity index (χ2v) is 3.91. The third kappa shape index (κ3) is 2.41. The van der Waals surface area contributed by atoms with Gasteiger partial charge in [-0.25, -0.2) is 0 Å². The number of para-hydroxylation sites is 1. The summed E-state index contributed by atoms with van der Waals surface area (Å²) in [6.45, 7) is 2.17. The van der Waals surface area contributed by atoms with E-state index < -0.39 is 0 Å². The number of hydrogen-bond acceptors (Lipinski definition) is 2. The van der Waals surface area contributed by atoms with Gasteiger partial charge in [-0.05, 0) is 18.1 Å². The zero-order valence-corrected chi connectivity index (χ0v) is 10.1. The van der Waals surface area contributed by atoms with Crippen molar-refractivity contribution in [1.82, 2.24) is 10.0 Å². The highest BCUT2D eigenvalue weighted by atomic mass is 16.6. The maximum atomic E-state index is 10.8. The molecule has 1 heterocycles. The number of aromatic nitrogens is 1. The molecule has 0 unspecified atom stereocenters. The summed E-state index contributed by atoms with van der Waals surface area (Å²) in [7, 11) is 1.64. The smallest absolute Gasteiger partial charge is 0.216 e. The molecule has 0 saturated heterocycles. The molecule has 2 rings (SSSR count). The summed E-state index contributed by atoms with van der Waals surface area (Å²) < 4.78 is 1.75. The van der Waals surface area contributed by atoms with E-state index in [4.69, 9.17) is 4.84 Å². The molecule has 17 heavy (non-hydrogen) atoms. The lowest BCUT2D eigenvalue weighted by Crippen LogP contribution is -2.22. The number of rotatable bonds is 4. The Labute approximate surface area is 100 Å². The van der Waals surface area contributed by atoms with E-state index in [1.807, 2.05) is 24.4 Å². The number of hydrogen-bond donors (Lipinski definition) is 1. The first-order chi connectivity index (χ1) is 8.22. The van der Waals surface area contributed by atoms with E-state index in [0.717, 1.165) is 11.9 Å². The van der Waals surface area contributed by atoms with Crippen molar-refractivity contribution in [1.29, 1.82) is 0 Å². The summed E-state index contributed by atoms with van der Waals surface area (Å²) >= 11 is 0. The molecule has 0 fully saturated rings. The average molecular weight is 232 g/mol. The number of nitrogens with one attached hydrogen (secondary N) is 1. The number of carbonyl (C=O) groups is 1. The predicted octanol–water partition coefficient (Wildman–Crippen LogP) is 1.38. The molecule has 1 aromatic heterocycles. The molecular formula is C13H16N2O2. The van der Waals surface area contributed by atoms with Crippen molar-refractivity contribution in [2.75, 3.05) is 13.7 Å². The molecule has 4 heteroatoms. The molecule has 1 N–H and O–H groups in total. The SMILES string of the molecule is COn1cc(CCNC(C)=O)c2ccccc21. The van der Waals surface area contributed by atoms with Gasteiger partial charge in [0, 0.05) is 25.1 Å². The van der Waals surface area contributed by atoms with E-state index in [2.05, 4.69) is 11.4 Å². The van der Waals surface area contributed by atoms with Gasteiger partial charge in [-0.15, -0.1) is 0 Å². The summed E-state index contributed by atoms with van der Waals surface area (Å²) in [5.74, 6) is 0.000444. The van der Waals surface area contributed by atoms with Crippen molar-refractivity contribution < 1.29 is 9.63 Å². The van der Waals surface area contributed by atoms with Crippen LogP contribution < -0.4 is 10.2 Å². The quantitative estimate of drug-likeness (QED) is 0.865. The van der Waals surface area contributed by atoms with Gasteiger partial charge in [0.15, 0.2) is 0 Å². The lowest BCUT2D eigenvalue weighted by atomic mass is 10.1. The highest BCUT2D eigenvalue weighted by Gasteiger charge is 2.07. The normalized spacial score (nSPS) is 10.5. The molecule has 90 valence electrons. The van der Waals surface area contributed by atoms with E-state index in [0.29, 0.717) is 6.54 Å². The molecule has 0 aliphatic carbocycles. The number of nitrogens with zero attached hydrogens (tertiary/aromatic N) is 1. The van der Waals surface area contributed by atoms with E-state index in [1.165, 1.54) is 17.9 Å². The van der Waals surface area contributed by atoms with Crippen LogP contribution in [0.2, 0.25) is 0 Å². The van der Waals surface area contributed by atoms with Crippen molar-refractivity contribution in [3.63, 3.8) is 0 Å². The maximum Gasteiger partial charge on any atom is 0.216 e. The van der Waals surface area contributed by atoms with Crippen LogP contribution in [0.1, 0.15) is 12.5 Å². The first kappa shape index (κ1) is 11.5. The molecule has 0 aliphatic rings. The molecule has 0 spiro atoms. The molecule has 0 aliphatic heterocycles. The molecule has 0 radical (unpaired) electrons. The van der Waals surface area contributed by atoms with Gasteiger partial charge >= 0.3 is 0 Å². The standard InChI is InChI=1S/C13H16N2O2/c1-10(16)14-8-7-11-9-15(17-2)13-6-4-3-5-12(11)13/h3-6,9H,7-8H2,1-2H3,(H,14,16). The van der Waals surface area contributed by atoms with E-state index in [1.54, 1.807) is 11.8 Å². The number of fused-ring (bicyclic) bond motifs is 1. The lowest BCUT2D eigenvalue weighted by molar-refractivity contribution is -0.118. The van der Waals surface area contributed by atoms with Crippen LogP contribution >= 0.6 is 0 Å². The topological polar surface area (TPSA) is 43.3 Å². The van der Waals surface area contributed by atoms with E-state index in [9.17, 15) is 4.79 Å². The molecular weight excluding hydrogens is 216 g/mol. The highest BCUT2D eigenvalue weighted by Crippen LogP contribution is 2.20. The fourth-order valence-electron chi connectivity index (χ4n) is 1.94. The first-order valence-corrected chi connectivity index (χ1v) is 5.60. The Balaban J connectivity index is 2.24. The minimum Gasteiger partial charge on any atom is -0.417 e. The highest BCUT2D eigenvalue weighted by molar-refractivity contribution is 5.83. The Hall–Kier alpha value is -1.97. The predicted molar refractivity (Wildman–Crippen MR) is 66.8 cm³/mol. The number of amides is 1. The van der Waals surface area contributed by atoms with Gasteiger partial charge < -0.3 is 10.2 Å². The minimum atomic E-state index is 0.000444. The molecule has 1 aromatic carbocycles. The first-order valence-electron chi connectivity index (χ1n) is 5.60. The third-order valence-corrected chi connectivity index (χ3v) is 2.73. The van der Waals surface area contributed by atoms with Crippen LogP contribution in [0.3, 0.4) is 0 Å². The lowest BCUT2D eigenvalue weighted by Gasteiger charge is -2.00. The van der Waals surface area contributed by atoms with Crippen LogP contribution in [0.5, 0.6) is 0 Å². The zero-order valence-electron chi connectivity index (χ0n) is 10.1. The Morgan fingerprint density at radius 2 is 2.18 bits per heavy atom. The summed E-state index contributed by atoms with van der Waals surface area (Å²) in [5, 5.41) is 3.96. The second-order valence-electron chi connectivity index (χ2n) is 3.91. The van der Waals surface area contributed by atoms with Gasteiger partial charge in [0.05, 0.1) is 5.52 Å². The Morgan fingerprint density at radius 3 is 2.88 bits per heavy atom. The fraction of sp³-hybridized carbons (Fsp3) is 0.308. The van der Waals surface area contributed by atoms with Gasteiger partial charge in [-0.2, -0.15) is 4.73 Å². The number of benzene rings is 1. The van der Waals surface area contributed by atoms with Gasteiger partial charge in [0.1, 0.15) is 7.11 Å². The van der Waals surface area contributed by atoms with Crippen molar-refractivity contribution in [2.45, 2.75) is 13.3 Å². The summed E-state index contributed by atoms with van der Waals surface area (Å²) in [6, 6.07) is 8.06. The van der Waals surface area contributed by atoms with Crippen LogP contribution in [-0.4, -0.2) is 24.3 Å². The Morgan fingerprint density at radius 1 is 1.41 bits per heavy atom. The van der Waals surface area contributed by atoms with Gasteiger partial charge in [-0.1, -0.05) is 18.2 Å². The number of carbonyl (C=O) groups excluding carboxylic acids is 1. The van der Waals surface area contributed by atoms with Crippen molar-refractivity contribution in [3.8, 4) is 0 Å². The second kappa shape index (κ2) is 4.91. The Bertz CT molecular complexity index is 531. The fourth-order valence-corrected chi connectivity index (χ4v) is 1.94. The Kier molecular flexibility index (Phi) is 3.32. The molecule has 0 saturated carbocycles. The van der Waals surface area contributed by atoms with Crippen LogP contribution in [0.25, 0.3) is 10.9 Å². The monoisotopic (exact) mass is 232 g/mol. The molecule has 2 aromatic rings. The molecule has 0 bridgehead atoms. The van der Waals surface area contributed by atoms with Crippen LogP contribution in [0.15, 0.2) is 30.5 Å². The van der Waals surface area contributed by atoms with Crippen molar-refractivity contribution in [3.05, 3.63) is 36.0 Å². The van der Waals surface area contributed by atoms with E-state index >= 15 is 0 Å². The minimum absolute atomic E-state index is 0.000444. The molecule has 1 amide bonds. The van der Waals surface area contributed by atoms with Gasteiger partial charge in [0.25, 0.3) is 0 Å². The average Bonchev–Trinajstić information content (AvgIpc) is 2.68. The zero-order chi connectivity index (χ0) is 12.3.